The van der Waals surface area contributed by atoms with E-state index in [1.165, 1.54) is 4.90 Å². The highest BCUT2D eigenvalue weighted by atomic mass is 19.4. The largest absolute Gasteiger partial charge is 0.401 e. The zero-order valence-electron chi connectivity index (χ0n) is 10.7. The zero-order valence-corrected chi connectivity index (χ0v) is 10.7. The normalized spacial score (nSPS) is 21.8. The number of aryl methyl sites for hydroxylation is 1. The fourth-order valence-electron chi connectivity index (χ4n) is 2.06. The summed E-state index contributed by atoms with van der Waals surface area (Å²) >= 11 is 0. The molecular formula is C11H17F3N4O. The number of nitrogens with zero attached hydrogens (tertiary/aromatic N) is 3. The Morgan fingerprint density at radius 3 is 2.95 bits per heavy atom. The maximum Gasteiger partial charge on any atom is 0.401 e. The molecule has 0 aliphatic carbocycles. The average molecular weight is 278 g/mol. The molecule has 1 saturated heterocycles. The number of aromatic amines is 1. The summed E-state index contributed by atoms with van der Waals surface area (Å²) in [7, 11) is 0. The van der Waals surface area contributed by atoms with E-state index in [0.717, 1.165) is 18.7 Å². The molecule has 8 heteroatoms. The van der Waals surface area contributed by atoms with E-state index in [1.54, 1.807) is 0 Å². The SMILES string of the molecule is CCCc1nc([C@@H]2CN(CC(F)(F)F)CCO2)n[nH]1. The van der Waals surface area contributed by atoms with Crippen molar-refractivity contribution < 1.29 is 17.9 Å². The van der Waals surface area contributed by atoms with Gasteiger partial charge in [0.05, 0.1) is 13.2 Å². The number of morpholine rings is 1. The van der Waals surface area contributed by atoms with Crippen molar-refractivity contribution in [3.05, 3.63) is 11.6 Å². The molecule has 2 heterocycles. The third-order valence-electron chi connectivity index (χ3n) is 2.88. The quantitative estimate of drug-likeness (QED) is 0.910. The summed E-state index contributed by atoms with van der Waals surface area (Å²) in [4.78, 5) is 5.58. The molecular weight excluding hydrogens is 261 g/mol. The number of aromatic nitrogens is 3. The molecule has 1 aromatic rings. The topological polar surface area (TPSA) is 54.0 Å². The smallest absolute Gasteiger partial charge is 0.367 e. The number of rotatable bonds is 4. The first-order chi connectivity index (χ1) is 8.98. The minimum atomic E-state index is -4.19. The number of hydrogen-bond acceptors (Lipinski definition) is 4. The van der Waals surface area contributed by atoms with Gasteiger partial charge in [0.2, 0.25) is 0 Å². The van der Waals surface area contributed by atoms with Crippen LogP contribution >= 0.6 is 0 Å². The molecule has 2 rings (SSSR count). The summed E-state index contributed by atoms with van der Waals surface area (Å²) in [6, 6.07) is 0. The number of H-pyrrole nitrogens is 1. The van der Waals surface area contributed by atoms with Gasteiger partial charge in [-0.1, -0.05) is 6.92 Å². The van der Waals surface area contributed by atoms with Crippen LogP contribution in [0.15, 0.2) is 0 Å². The lowest BCUT2D eigenvalue weighted by Gasteiger charge is -2.31. The van der Waals surface area contributed by atoms with Gasteiger partial charge in [0.15, 0.2) is 5.82 Å². The Morgan fingerprint density at radius 2 is 2.26 bits per heavy atom. The van der Waals surface area contributed by atoms with E-state index in [0.29, 0.717) is 5.82 Å². The van der Waals surface area contributed by atoms with Gasteiger partial charge >= 0.3 is 6.18 Å². The average Bonchev–Trinajstić information content (AvgIpc) is 2.76. The van der Waals surface area contributed by atoms with Crippen molar-refractivity contribution in [2.75, 3.05) is 26.2 Å². The lowest BCUT2D eigenvalue weighted by atomic mass is 10.2. The predicted molar refractivity (Wildman–Crippen MR) is 61.6 cm³/mol. The molecule has 1 aliphatic heterocycles. The molecule has 0 bridgehead atoms. The fourth-order valence-corrected chi connectivity index (χ4v) is 2.06. The van der Waals surface area contributed by atoms with Crippen LogP contribution in [0.5, 0.6) is 0 Å². The molecule has 19 heavy (non-hydrogen) atoms. The molecule has 0 saturated carbocycles. The monoisotopic (exact) mass is 278 g/mol. The van der Waals surface area contributed by atoms with Crippen LogP contribution < -0.4 is 0 Å². The summed E-state index contributed by atoms with van der Waals surface area (Å²) in [5.74, 6) is 1.18. The van der Waals surface area contributed by atoms with Crippen LogP contribution in [-0.4, -0.2) is 52.5 Å². The summed E-state index contributed by atoms with van der Waals surface area (Å²) in [5.41, 5.74) is 0. The molecule has 1 aromatic heterocycles. The van der Waals surface area contributed by atoms with Gasteiger partial charge in [-0.25, -0.2) is 4.98 Å². The highest BCUT2D eigenvalue weighted by Gasteiger charge is 2.34. The summed E-state index contributed by atoms with van der Waals surface area (Å²) in [6.45, 7) is 1.81. The van der Waals surface area contributed by atoms with E-state index in [1.807, 2.05) is 6.92 Å². The molecule has 1 fully saturated rings. The minimum Gasteiger partial charge on any atom is -0.367 e. The van der Waals surface area contributed by atoms with Crippen molar-refractivity contribution in [1.82, 2.24) is 20.1 Å². The minimum absolute atomic E-state index is 0.170. The summed E-state index contributed by atoms with van der Waals surface area (Å²) in [6.07, 6.45) is -2.97. The van der Waals surface area contributed by atoms with Crippen molar-refractivity contribution in [3.8, 4) is 0 Å². The molecule has 1 N–H and O–H groups in total. The van der Waals surface area contributed by atoms with E-state index < -0.39 is 18.8 Å². The molecule has 0 amide bonds. The Kier molecular flexibility index (Phi) is 4.41. The van der Waals surface area contributed by atoms with Crippen LogP contribution in [0.3, 0.4) is 0 Å². The van der Waals surface area contributed by atoms with Crippen LogP contribution in [0.1, 0.15) is 31.1 Å². The Balaban J connectivity index is 1.96. The summed E-state index contributed by atoms with van der Waals surface area (Å²) < 4.78 is 42.5. The van der Waals surface area contributed by atoms with Gasteiger partial charge in [-0.05, 0) is 6.42 Å². The maximum absolute atomic E-state index is 12.4. The van der Waals surface area contributed by atoms with Crippen LogP contribution in [0.25, 0.3) is 0 Å². The first-order valence-corrected chi connectivity index (χ1v) is 6.30. The first-order valence-electron chi connectivity index (χ1n) is 6.30. The van der Waals surface area contributed by atoms with Crippen molar-refractivity contribution in [2.45, 2.75) is 32.0 Å². The molecule has 0 radical (unpaired) electrons. The third kappa shape index (κ3) is 4.17. The van der Waals surface area contributed by atoms with Gasteiger partial charge < -0.3 is 4.74 Å². The number of hydrogen-bond donors (Lipinski definition) is 1. The maximum atomic E-state index is 12.4. The molecule has 108 valence electrons. The van der Waals surface area contributed by atoms with Gasteiger partial charge in [-0.2, -0.15) is 18.3 Å². The van der Waals surface area contributed by atoms with Crippen molar-refractivity contribution in [3.63, 3.8) is 0 Å². The van der Waals surface area contributed by atoms with Crippen molar-refractivity contribution in [2.24, 2.45) is 0 Å². The Labute approximate surface area is 109 Å². The van der Waals surface area contributed by atoms with Gasteiger partial charge in [0.1, 0.15) is 11.9 Å². The van der Waals surface area contributed by atoms with Gasteiger partial charge in [-0.3, -0.25) is 10.00 Å². The molecule has 0 aromatic carbocycles. The van der Waals surface area contributed by atoms with Crippen LogP contribution in [0.4, 0.5) is 13.2 Å². The van der Waals surface area contributed by atoms with Crippen LogP contribution in [-0.2, 0) is 11.2 Å². The van der Waals surface area contributed by atoms with Gasteiger partial charge in [0, 0.05) is 19.5 Å². The number of nitrogens with one attached hydrogen (secondary N) is 1. The van der Waals surface area contributed by atoms with E-state index in [9.17, 15) is 13.2 Å². The number of halogens is 3. The highest BCUT2D eigenvalue weighted by molar-refractivity contribution is 4.97. The zero-order chi connectivity index (χ0) is 13.9. The molecule has 1 atom stereocenters. The fraction of sp³-hybridized carbons (Fsp3) is 0.818. The molecule has 1 aliphatic rings. The third-order valence-corrected chi connectivity index (χ3v) is 2.88. The van der Waals surface area contributed by atoms with Crippen LogP contribution in [0.2, 0.25) is 0 Å². The second-order valence-electron chi connectivity index (χ2n) is 4.60. The Morgan fingerprint density at radius 1 is 1.47 bits per heavy atom. The first kappa shape index (κ1) is 14.3. The van der Waals surface area contributed by atoms with E-state index in [-0.39, 0.29) is 19.7 Å². The lowest BCUT2D eigenvalue weighted by molar-refractivity contribution is -0.160. The Bertz CT molecular complexity index is 407. The second kappa shape index (κ2) is 5.87. The van der Waals surface area contributed by atoms with Gasteiger partial charge in [0.25, 0.3) is 0 Å². The van der Waals surface area contributed by atoms with Crippen molar-refractivity contribution in [1.29, 1.82) is 0 Å². The van der Waals surface area contributed by atoms with E-state index >= 15 is 0 Å². The number of ether oxygens (including phenoxy) is 1. The van der Waals surface area contributed by atoms with E-state index in [4.69, 9.17) is 4.74 Å². The summed E-state index contributed by atoms with van der Waals surface area (Å²) in [5, 5.41) is 6.81. The predicted octanol–water partition coefficient (Wildman–Crippen LogP) is 1.69. The lowest BCUT2D eigenvalue weighted by Crippen LogP contribution is -2.43. The Hall–Kier alpha value is -1.15. The molecule has 0 spiro atoms. The van der Waals surface area contributed by atoms with Crippen LogP contribution in [0, 0.1) is 0 Å². The highest BCUT2D eigenvalue weighted by Crippen LogP contribution is 2.23. The van der Waals surface area contributed by atoms with Gasteiger partial charge in [-0.15, -0.1) is 0 Å². The number of alkyl halides is 3. The molecule has 0 unspecified atom stereocenters. The molecule has 5 nitrogen and oxygen atoms in total. The second-order valence-corrected chi connectivity index (χ2v) is 4.60. The standard InChI is InChI=1S/C11H17F3N4O/c1-2-3-9-15-10(17-16-9)8-6-18(4-5-19-8)7-11(12,13)14/h8H,2-7H2,1H3,(H,15,16,17)/t8-/m0/s1. The van der Waals surface area contributed by atoms with Crippen molar-refractivity contribution >= 4 is 0 Å². The van der Waals surface area contributed by atoms with E-state index in [2.05, 4.69) is 15.2 Å².